The first-order chi connectivity index (χ1) is 9.02. The molecule has 0 saturated carbocycles. The smallest absolute Gasteiger partial charge is 0.123 e. The second kappa shape index (κ2) is 5.88. The zero-order valence-corrected chi connectivity index (χ0v) is 11.9. The molecule has 1 aliphatic heterocycles. The lowest BCUT2D eigenvalue weighted by Crippen LogP contribution is -2.44. The first kappa shape index (κ1) is 14.3. The average molecular weight is 266 g/mol. The van der Waals surface area contributed by atoms with Gasteiger partial charge in [0.1, 0.15) is 5.82 Å². The van der Waals surface area contributed by atoms with E-state index in [1.165, 1.54) is 6.07 Å². The molecular formula is C15H23FN2O. The molecule has 19 heavy (non-hydrogen) atoms. The molecule has 2 rings (SSSR count). The fourth-order valence-electron chi connectivity index (χ4n) is 2.74. The standard InChI is InChI=1S/C15H23FN2O/c1-10-6-7-18(9-15(10)19-3)14-5-4-12(16)8-13(14)11(2)17/h4-5,8,10-11,15H,6-7,9,17H2,1-3H3/t10?,11-,15?/m0/s1. The topological polar surface area (TPSA) is 38.5 Å². The molecule has 3 nitrogen and oxygen atoms in total. The Balaban J connectivity index is 2.26. The van der Waals surface area contributed by atoms with Crippen molar-refractivity contribution >= 4 is 5.69 Å². The van der Waals surface area contributed by atoms with Crippen LogP contribution < -0.4 is 10.6 Å². The molecule has 1 aromatic rings. The van der Waals surface area contributed by atoms with E-state index in [-0.39, 0.29) is 18.0 Å². The number of benzene rings is 1. The third-order valence-electron chi connectivity index (χ3n) is 4.01. The molecule has 3 atom stereocenters. The molecule has 0 spiro atoms. The lowest BCUT2D eigenvalue weighted by molar-refractivity contribution is 0.0498. The van der Waals surface area contributed by atoms with Crippen molar-refractivity contribution in [3.8, 4) is 0 Å². The fraction of sp³-hybridized carbons (Fsp3) is 0.600. The molecule has 106 valence electrons. The molecule has 2 unspecified atom stereocenters. The third-order valence-corrected chi connectivity index (χ3v) is 4.01. The summed E-state index contributed by atoms with van der Waals surface area (Å²) >= 11 is 0. The van der Waals surface area contributed by atoms with Crippen LogP contribution >= 0.6 is 0 Å². The van der Waals surface area contributed by atoms with Crippen LogP contribution in [0.4, 0.5) is 10.1 Å². The van der Waals surface area contributed by atoms with Crippen molar-refractivity contribution in [3.05, 3.63) is 29.6 Å². The van der Waals surface area contributed by atoms with Crippen molar-refractivity contribution in [3.63, 3.8) is 0 Å². The predicted octanol–water partition coefficient (Wildman–Crippen LogP) is 2.71. The Morgan fingerprint density at radius 3 is 2.84 bits per heavy atom. The van der Waals surface area contributed by atoms with Crippen molar-refractivity contribution in [2.24, 2.45) is 11.7 Å². The van der Waals surface area contributed by atoms with Crippen LogP contribution in [0.5, 0.6) is 0 Å². The molecular weight excluding hydrogens is 243 g/mol. The summed E-state index contributed by atoms with van der Waals surface area (Å²) < 4.78 is 18.9. The summed E-state index contributed by atoms with van der Waals surface area (Å²) in [6.07, 6.45) is 1.30. The van der Waals surface area contributed by atoms with Gasteiger partial charge in [-0.1, -0.05) is 6.92 Å². The van der Waals surface area contributed by atoms with Gasteiger partial charge in [-0.25, -0.2) is 4.39 Å². The van der Waals surface area contributed by atoms with Gasteiger partial charge in [0, 0.05) is 31.9 Å². The van der Waals surface area contributed by atoms with Gasteiger partial charge in [-0.05, 0) is 43.0 Å². The van der Waals surface area contributed by atoms with Gasteiger partial charge in [-0.2, -0.15) is 0 Å². The molecule has 0 aliphatic carbocycles. The summed E-state index contributed by atoms with van der Waals surface area (Å²) in [4.78, 5) is 2.26. The fourth-order valence-corrected chi connectivity index (χ4v) is 2.74. The van der Waals surface area contributed by atoms with Crippen LogP contribution in [-0.4, -0.2) is 26.3 Å². The lowest BCUT2D eigenvalue weighted by atomic mass is 9.94. The van der Waals surface area contributed by atoms with Gasteiger partial charge in [0.05, 0.1) is 6.10 Å². The molecule has 0 amide bonds. The highest BCUT2D eigenvalue weighted by Gasteiger charge is 2.27. The van der Waals surface area contributed by atoms with Crippen LogP contribution in [0.2, 0.25) is 0 Å². The number of piperidine rings is 1. The monoisotopic (exact) mass is 266 g/mol. The number of hydrogen-bond acceptors (Lipinski definition) is 3. The van der Waals surface area contributed by atoms with Crippen molar-refractivity contribution in [2.45, 2.75) is 32.4 Å². The van der Waals surface area contributed by atoms with Crippen LogP contribution in [0.25, 0.3) is 0 Å². The minimum Gasteiger partial charge on any atom is -0.379 e. The maximum absolute atomic E-state index is 13.4. The van der Waals surface area contributed by atoms with Gasteiger partial charge in [0.2, 0.25) is 0 Å². The number of halogens is 1. The van der Waals surface area contributed by atoms with Crippen molar-refractivity contribution in [1.82, 2.24) is 0 Å². The minimum absolute atomic E-state index is 0.175. The van der Waals surface area contributed by atoms with Gasteiger partial charge in [-0.3, -0.25) is 0 Å². The Morgan fingerprint density at radius 2 is 2.21 bits per heavy atom. The largest absolute Gasteiger partial charge is 0.379 e. The highest BCUT2D eigenvalue weighted by molar-refractivity contribution is 5.55. The van der Waals surface area contributed by atoms with E-state index in [4.69, 9.17) is 10.5 Å². The molecule has 1 fully saturated rings. The number of ether oxygens (including phenoxy) is 1. The molecule has 4 heteroatoms. The van der Waals surface area contributed by atoms with Gasteiger partial charge in [-0.15, -0.1) is 0 Å². The van der Waals surface area contributed by atoms with Gasteiger partial charge >= 0.3 is 0 Å². The van der Waals surface area contributed by atoms with E-state index >= 15 is 0 Å². The van der Waals surface area contributed by atoms with Crippen LogP contribution in [0.1, 0.15) is 31.9 Å². The van der Waals surface area contributed by atoms with E-state index in [0.29, 0.717) is 5.92 Å². The zero-order chi connectivity index (χ0) is 14.0. The van der Waals surface area contributed by atoms with Crippen molar-refractivity contribution in [2.75, 3.05) is 25.1 Å². The van der Waals surface area contributed by atoms with Crippen LogP contribution in [0, 0.1) is 11.7 Å². The molecule has 0 radical (unpaired) electrons. The molecule has 1 heterocycles. The maximum atomic E-state index is 13.4. The summed E-state index contributed by atoms with van der Waals surface area (Å²) in [6, 6.07) is 4.70. The Bertz CT molecular complexity index is 436. The summed E-state index contributed by atoms with van der Waals surface area (Å²) in [5.41, 5.74) is 7.86. The van der Waals surface area contributed by atoms with Gasteiger partial charge < -0.3 is 15.4 Å². The summed E-state index contributed by atoms with van der Waals surface area (Å²) in [5.74, 6) is 0.324. The summed E-state index contributed by atoms with van der Waals surface area (Å²) in [7, 11) is 1.75. The van der Waals surface area contributed by atoms with Crippen molar-refractivity contribution < 1.29 is 9.13 Å². The van der Waals surface area contributed by atoms with Crippen LogP contribution in [0.3, 0.4) is 0 Å². The van der Waals surface area contributed by atoms with E-state index in [1.54, 1.807) is 13.2 Å². The second-order valence-corrected chi connectivity index (χ2v) is 5.48. The first-order valence-corrected chi connectivity index (χ1v) is 6.85. The molecule has 1 saturated heterocycles. The Hall–Kier alpha value is -1.13. The predicted molar refractivity (Wildman–Crippen MR) is 75.8 cm³/mol. The minimum atomic E-state index is -0.232. The van der Waals surface area contributed by atoms with E-state index in [0.717, 1.165) is 30.8 Å². The average Bonchev–Trinajstić information content (AvgIpc) is 2.39. The van der Waals surface area contributed by atoms with E-state index in [1.807, 2.05) is 13.0 Å². The molecule has 2 N–H and O–H groups in total. The van der Waals surface area contributed by atoms with E-state index < -0.39 is 0 Å². The SMILES string of the molecule is COC1CN(c2ccc(F)cc2[C@H](C)N)CCC1C. The van der Waals surface area contributed by atoms with Gasteiger partial charge in [0.15, 0.2) is 0 Å². The highest BCUT2D eigenvalue weighted by Crippen LogP contribution is 2.30. The number of methoxy groups -OCH3 is 1. The number of anilines is 1. The van der Waals surface area contributed by atoms with E-state index in [9.17, 15) is 4.39 Å². The molecule has 1 aromatic carbocycles. The first-order valence-electron chi connectivity index (χ1n) is 6.85. The Morgan fingerprint density at radius 1 is 1.47 bits per heavy atom. The van der Waals surface area contributed by atoms with Crippen LogP contribution in [0.15, 0.2) is 18.2 Å². The van der Waals surface area contributed by atoms with Gasteiger partial charge in [0.25, 0.3) is 0 Å². The number of rotatable bonds is 3. The summed E-state index contributed by atoms with van der Waals surface area (Å²) in [6.45, 7) is 5.90. The Kier molecular flexibility index (Phi) is 4.42. The normalized spacial score (nSPS) is 25.4. The lowest BCUT2D eigenvalue weighted by Gasteiger charge is -2.38. The maximum Gasteiger partial charge on any atom is 0.123 e. The third kappa shape index (κ3) is 3.07. The summed E-state index contributed by atoms with van der Waals surface area (Å²) in [5, 5.41) is 0. The quantitative estimate of drug-likeness (QED) is 0.914. The van der Waals surface area contributed by atoms with E-state index in [2.05, 4.69) is 11.8 Å². The number of nitrogens with two attached hydrogens (primary N) is 1. The number of nitrogens with zero attached hydrogens (tertiary/aromatic N) is 1. The second-order valence-electron chi connectivity index (χ2n) is 5.48. The molecule has 0 bridgehead atoms. The van der Waals surface area contributed by atoms with Crippen molar-refractivity contribution in [1.29, 1.82) is 0 Å². The Labute approximate surface area is 114 Å². The highest BCUT2D eigenvalue weighted by atomic mass is 19.1. The zero-order valence-electron chi connectivity index (χ0n) is 11.9. The molecule has 0 aromatic heterocycles. The number of hydrogen-bond donors (Lipinski definition) is 1. The van der Waals surface area contributed by atoms with Crippen LogP contribution in [-0.2, 0) is 4.74 Å². The molecule has 1 aliphatic rings.